The topological polar surface area (TPSA) is 94.8 Å². The van der Waals surface area contributed by atoms with Crippen LogP contribution in [0.1, 0.15) is 32.3 Å². The molecule has 0 bridgehead atoms. The summed E-state index contributed by atoms with van der Waals surface area (Å²) in [5.41, 5.74) is 0.969. The van der Waals surface area contributed by atoms with E-state index in [1.54, 1.807) is 17.1 Å². The van der Waals surface area contributed by atoms with Crippen molar-refractivity contribution in [2.75, 3.05) is 6.61 Å². The molecule has 26 heavy (non-hydrogen) atoms. The van der Waals surface area contributed by atoms with Gasteiger partial charge in [-0.25, -0.2) is 4.68 Å². The molecule has 2 aromatic heterocycles. The third-order valence-corrected chi connectivity index (χ3v) is 5.70. The molecular formula is C17H24N6O2S. The van der Waals surface area contributed by atoms with Gasteiger partial charge in [-0.05, 0) is 40.8 Å². The predicted octanol–water partition coefficient (Wildman–Crippen LogP) is 1.68. The average molecular weight is 376 g/mol. The number of hydrogen-bond donors (Lipinski definition) is 1. The largest absolute Gasteiger partial charge is 0.376 e. The number of nitrogens with one attached hydrogen (secondary N) is 1. The highest BCUT2D eigenvalue weighted by Crippen LogP contribution is 2.27. The Hall–Kier alpha value is -2.00. The maximum Gasteiger partial charge on any atom is 0.234 e. The molecule has 8 nitrogen and oxygen atoms in total. The smallest absolute Gasteiger partial charge is 0.234 e. The Morgan fingerprint density at radius 1 is 1.50 bits per heavy atom. The summed E-state index contributed by atoms with van der Waals surface area (Å²) in [7, 11) is 0. The molecule has 0 radical (unpaired) electrons. The van der Waals surface area contributed by atoms with Crippen LogP contribution in [0.3, 0.4) is 0 Å². The van der Waals surface area contributed by atoms with Gasteiger partial charge in [-0.2, -0.15) is 0 Å². The maximum absolute atomic E-state index is 12.7. The third-order valence-electron chi connectivity index (χ3n) is 4.19. The van der Waals surface area contributed by atoms with E-state index in [1.165, 1.54) is 11.8 Å². The minimum atomic E-state index is -0.277. The fraction of sp³-hybridized carbons (Fsp3) is 0.588. The number of hydrogen-bond acceptors (Lipinski definition) is 7. The Balaban J connectivity index is 1.61. The van der Waals surface area contributed by atoms with Crippen molar-refractivity contribution in [3.8, 4) is 0 Å². The molecule has 1 fully saturated rings. The van der Waals surface area contributed by atoms with E-state index in [1.807, 2.05) is 26.0 Å². The highest BCUT2D eigenvalue weighted by Gasteiger charge is 2.27. The van der Waals surface area contributed by atoms with Crippen LogP contribution < -0.4 is 5.32 Å². The number of tetrazole rings is 1. The predicted molar refractivity (Wildman–Crippen MR) is 97.4 cm³/mol. The molecule has 0 aliphatic carbocycles. The minimum Gasteiger partial charge on any atom is -0.376 e. The molecule has 1 aliphatic rings. The summed E-state index contributed by atoms with van der Waals surface area (Å²) < 4.78 is 7.40. The second-order valence-electron chi connectivity index (χ2n) is 6.64. The van der Waals surface area contributed by atoms with Gasteiger partial charge in [0.05, 0.1) is 17.9 Å². The van der Waals surface area contributed by atoms with E-state index in [4.69, 9.17) is 4.74 Å². The van der Waals surface area contributed by atoms with Gasteiger partial charge >= 0.3 is 0 Å². The quantitative estimate of drug-likeness (QED) is 0.700. The lowest BCUT2D eigenvalue weighted by Gasteiger charge is -2.19. The minimum absolute atomic E-state index is 0.0273. The molecule has 140 valence electrons. The van der Waals surface area contributed by atoms with Gasteiger partial charge in [-0.3, -0.25) is 9.78 Å². The van der Waals surface area contributed by atoms with Crippen LogP contribution in [0.4, 0.5) is 0 Å². The van der Waals surface area contributed by atoms with Gasteiger partial charge in [0.15, 0.2) is 0 Å². The highest BCUT2D eigenvalue weighted by molar-refractivity contribution is 8.00. The van der Waals surface area contributed by atoms with Crippen molar-refractivity contribution in [2.45, 2.75) is 56.3 Å². The lowest BCUT2D eigenvalue weighted by molar-refractivity contribution is -0.121. The fourth-order valence-corrected chi connectivity index (χ4v) is 3.78. The van der Waals surface area contributed by atoms with Crippen LogP contribution in [0.2, 0.25) is 0 Å². The van der Waals surface area contributed by atoms with Crippen molar-refractivity contribution in [1.82, 2.24) is 30.5 Å². The molecule has 2 aromatic rings. The lowest BCUT2D eigenvalue weighted by atomic mass is 10.1. The molecule has 1 amide bonds. The Morgan fingerprint density at radius 2 is 2.38 bits per heavy atom. The summed E-state index contributed by atoms with van der Waals surface area (Å²) in [5, 5.41) is 15.3. The molecule has 2 atom stereocenters. The van der Waals surface area contributed by atoms with Crippen LogP contribution in [-0.2, 0) is 22.6 Å². The van der Waals surface area contributed by atoms with Crippen LogP contribution in [0, 0.1) is 5.92 Å². The van der Waals surface area contributed by atoms with E-state index < -0.39 is 0 Å². The first-order valence-electron chi connectivity index (χ1n) is 8.84. The Labute approximate surface area is 157 Å². The molecule has 0 saturated carbocycles. The van der Waals surface area contributed by atoms with Crippen LogP contribution in [0.5, 0.6) is 0 Å². The number of carbonyl (C=O) groups excluding carboxylic acids is 1. The van der Waals surface area contributed by atoms with Crippen LogP contribution in [0.15, 0.2) is 29.7 Å². The monoisotopic (exact) mass is 376 g/mol. The molecule has 9 heteroatoms. The highest BCUT2D eigenvalue weighted by atomic mass is 32.2. The van der Waals surface area contributed by atoms with Gasteiger partial charge in [0.2, 0.25) is 11.1 Å². The number of thioether (sulfide) groups is 1. The third kappa shape index (κ3) is 5.01. The Morgan fingerprint density at radius 3 is 3.08 bits per heavy atom. The van der Waals surface area contributed by atoms with E-state index in [2.05, 4.69) is 25.8 Å². The first-order valence-corrected chi connectivity index (χ1v) is 9.72. The molecule has 1 saturated heterocycles. The standard InChI is InChI=1S/C17H24N6O2S/c1-12(2)15(16(24)19-10-13-5-3-7-18-9-13)26-17-20-21-22-23(17)11-14-6-4-8-25-14/h3,5,7,9,12,14-15H,4,6,8,10-11H2,1-2H3,(H,19,24). The summed E-state index contributed by atoms with van der Waals surface area (Å²) in [6.07, 6.45) is 5.70. The molecule has 1 aliphatic heterocycles. The van der Waals surface area contributed by atoms with E-state index in [9.17, 15) is 4.79 Å². The molecule has 2 unspecified atom stereocenters. The van der Waals surface area contributed by atoms with Crippen LogP contribution >= 0.6 is 11.8 Å². The number of nitrogens with zero attached hydrogens (tertiary/aromatic N) is 5. The number of carbonyl (C=O) groups is 1. The van der Waals surface area contributed by atoms with Crippen molar-refractivity contribution in [1.29, 1.82) is 0 Å². The second-order valence-corrected chi connectivity index (χ2v) is 7.75. The van der Waals surface area contributed by atoms with Gasteiger partial charge in [0.25, 0.3) is 0 Å². The molecular weight excluding hydrogens is 352 g/mol. The van der Waals surface area contributed by atoms with Gasteiger partial charge in [-0.1, -0.05) is 31.7 Å². The van der Waals surface area contributed by atoms with Gasteiger partial charge in [0.1, 0.15) is 0 Å². The molecule has 3 rings (SSSR count). The number of rotatable bonds is 8. The van der Waals surface area contributed by atoms with Crippen molar-refractivity contribution >= 4 is 17.7 Å². The first kappa shape index (κ1) is 18.8. The fourth-order valence-electron chi connectivity index (χ4n) is 2.78. The van der Waals surface area contributed by atoms with E-state index >= 15 is 0 Å². The normalized spacial score (nSPS) is 18.2. The second kappa shape index (κ2) is 9.09. The van der Waals surface area contributed by atoms with Gasteiger partial charge in [-0.15, -0.1) is 5.10 Å². The zero-order chi connectivity index (χ0) is 18.4. The van der Waals surface area contributed by atoms with Gasteiger partial charge < -0.3 is 10.1 Å². The molecule has 0 aromatic carbocycles. The van der Waals surface area contributed by atoms with Crippen molar-refractivity contribution < 1.29 is 9.53 Å². The zero-order valence-corrected chi connectivity index (χ0v) is 15.9. The summed E-state index contributed by atoms with van der Waals surface area (Å²) >= 11 is 1.40. The summed E-state index contributed by atoms with van der Waals surface area (Å²) in [5.74, 6) is 0.113. The lowest BCUT2D eigenvalue weighted by Crippen LogP contribution is -2.35. The van der Waals surface area contributed by atoms with E-state index in [0.29, 0.717) is 18.2 Å². The first-order chi connectivity index (χ1) is 12.6. The van der Waals surface area contributed by atoms with Crippen molar-refractivity contribution in [3.05, 3.63) is 30.1 Å². The van der Waals surface area contributed by atoms with Crippen molar-refractivity contribution in [2.24, 2.45) is 5.92 Å². The summed E-state index contributed by atoms with van der Waals surface area (Å²) in [6, 6.07) is 3.79. The zero-order valence-electron chi connectivity index (χ0n) is 15.0. The maximum atomic E-state index is 12.7. The Bertz CT molecular complexity index is 702. The van der Waals surface area contributed by atoms with E-state index in [-0.39, 0.29) is 23.2 Å². The van der Waals surface area contributed by atoms with Gasteiger partial charge in [0, 0.05) is 25.5 Å². The van der Waals surface area contributed by atoms with Crippen LogP contribution in [0.25, 0.3) is 0 Å². The van der Waals surface area contributed by atoms with Crippen LogP contribution in [-0.4, -0.2) is 49.1 Å². The summed E-state index contributed by atoms with van der Waals surface area (Å²) in [6.45, 7) is 5.92. The van der Waals surface area contributed by atoms with Crippen molar-refractivity contribution in [3.63, 3.8) is 0 Å². The average Bonchev–Trinajstić information content (AvgIpc) is 3.31. The SMILES string of the molecule is CC(C)C(Sc1nnnn1CC1CCCO1)C(=O)NCc1cccnc1. The number of aromatic nitrogens is 5. The summed E-state index contributed by atoms with van der Waals surface area (Å²) in [4.78, 5) is 16.8. The number of pyridine rings is 1. The van der Waals surface area contributed by atoms with E-state index in [0.717, 1.165) is 25.0 Å². The molecule has 3 heterocycles. The number of amides is 1. The number of ether oxygens (including phenoxy) is 1. The Kier molecular flexibility index (Phi) is 6.56. The molecule has 0 spiro atoms. The molecule has 1 N–H and O–H groups in total.